The van der Waals surface area contributed by atoms with Crippen molar-refractivity contribution < 1.29 is 14.6 Å². The highest BCUT2D eigenvalue weighted by Gasteiger charge is 2.23. The number of rotatable bonds is 5. The smallest absolute Gasteiger partial charge is 0.310 e. The molecule has 0 amide bonds. The monoisotopic (exact) mass is 352 g/mol. The molecule has 0 bridgehead atoms. The quantitative estimate of drug-likeness (QED) is 0.898. The molecule has 2 aromatic rings. The summed E-state index contributed by atoms with van der Waals surface area (Å²) >= 11 is 0. The third-order valence-electron chi connectivity index (χ3n) is 4.60. The van der Waals surface area contributed by atoms with Crippen LogP contribution in [0.2, 0.25) is 0 Å². The van der Waals surface area contributed by atoms with Crippen LogP contribution < -0.4 is 4.74 Å². The number of hydrogen-bond donors (Lipinski definition) is 1. The van der Waals surface area contributed by atoms with Crippen LogP contribution in [-0.2, 0) is 11.4 Å². The molecule has 3 rings (SSSR count). The van der Waals surface area contributed by atoms with E-state index in [4.69, 9.17) is 9.73 Å². The summed E-state index contributed by atoms with van der Waals surface area (Å²) in [7, 11) is 4.04. The molecule has 1 atom stereocenters. The van der Waals surface area contributed by atoms with Crippen molar-refractivity contribution in [2.45, 2.75) is 19.4 Å². The van der Waals surface area contributed by atoms with Gasteiger partial charge in [-0.3, -0.25) is 9.79 Å². The van der Waals surface area contributed by atoms with Gasteiger partial charge in [-0.15, -0.1) is 0 Å². The van der Waals surface area contributed by atoms with Crippen LogP contribution in [0.3, 0.4) is 0 Å². The van der Waals surface area contributed by atoms with E-state index in [2.05, 4.69) is 11.0 Å². The van der Waals surface area contributed by atoms with Crippen LogP contribution in [0.1, 0.15) is 35.1 Å². The molecule has 1 N–H and O–H groups in total. The lowest BCUT2D eigenvalue weighted by molar-refractivity contribution is -0.138. The van der Waals surface area contributed by atoms with E-state index >= 15 is 0 Å². The second-order valence-electron chi connectivity index (χ2n) is 6.79. The van der Waals surface area contributed by atoms with Gasteiger partial charge in [-0.05, 0) is 44.3 Å². The van der Waals surface area contributed by atoms with Crippen LogP contribution in [0.5, 0.6) is 5.75 Å². The highest BCUT2D eigenvalue weighted by atomic mass is 16.5. The van der Waals surface area contributed by atoms with Crippen LogP contribution in [0.25, 0.3) is 0 Å². The Morgan fingerprint density at radius 3 is 2.73 bits per heavy atom. The molecule has 0 radical (unpaired) electrons. The fraction of sp³-hybridized carbons (Fsp3) is 0.333. The van der Waals surface area contributed by atoms with Gasteiger partial charge in [-0.25, -0.2) is 0 Å². The molecule has 0 saturated carbocycles. The number of likely N-dealkylation sites (N-methyl/N-ethyl adjacent to an activating group) is 1. The second kappa shape index (κ2) is 7.70. The van der Waals surface area contributed by atoms with E-state index in [1.807, 2.05) is 50.5 Å². The van der Waals surface area contributed by atoms with E-state index in [9.17, 15) is 9.90 Å². The van der Waals surface area contributed by atoms with Crippen molar-refractivity contribution in [3.63, 3.8) is 0 Å². The maximum absolute atomic E-state index is 11.4. The zero-order chi connectivity index (χ0) is 18.7. The first-order valence-corrected chi connectivity index (χ1v) is 8.74. The Morgan fingerprint density at radius 1 is 1.23 bits per heavy atom. The zero-order valence-corrected chi connectivity index (χ0v) is 15.4. The van der Waals surface area contributed by atoms with Gasteiger partial charge in [0.25, 0.3) is 0 Å². The normalized spacial score (nSPS) is 15.8. The Balaban J connectivity index is 2.11. The predicted octanol–water partition coefficient (Wildman–Crippen LogP) is 3.17. The number of benzene rings is 2. The molecule has 0 fully saturated rings. The van der Waals surface area contributed by atoms with Gasteiger partial charge < -0.3 is 14.7 Å². The van der Waals surface area contributed by atoms with Crippen molar-refractivity contribution in [2.24, 2.45) is 4.99 Å². The molecule has 26 heavy (non-hydrogen) atoms. The van der Waals surface area contributed by atoms with Crippen LogP contribution in [0.4, 0.5) is 0 Å². The summed E-state index contributed by atoms with van der Waals surface area (Å²) in [6, 6.07) is 13.7. The van der Waals surface area contributed by atoms with E-state index in [0.29, 0.717) is 13.2 Å². The first-order chi connectivity index (χ1) is 12.5. The molecule has 5 nitrogen and oxygen atoms in total. The van der Waals surface area contributed by atoms with Crippen LogP contribution >= 0.6 is 0 Å². The molecule has 136 valence electrons. The summed E-state index contributed by atoms with van der Waals surface area (Å²) in [6.07, 6.45) is 0. The topological polar surface area (TPSA) is 62.1 Å². The van der Waals surface area contributed by atoms with Crippen LogP contribution in [-0.4, -0.2) is 48.9 Å². The van der Waals surface area contributed by atoms with E-state index in [0.717, 1.165) is 40.3 Å². The molecular weight excluding hydrogens is 328 g/mol. The highest BCUT2D eigenvalue weighted by Crippen LogP contribution is 2.31. The maximum Gasteiger partial charge on any atom is 0.310 e. The first kappa shape index (κ1) is 18.1. The van der Waals surface area contributed by atoms with Gasteiger partial charge in [-0.1, -0.05) is 30.3 Å². The Hall–Kier alpha value is -2.66. The van der Waals surface area contributed by atoms with Gasteiger partial charge in [0.05, 0.1) is 18.2 Å². The summed E-state index contributed by atoms with van der Waals surface area (Å²) in [4.78, 5) is 18.3. The van der Waals surface area contributed by atoms with E-state index in [1.165, 1.54) is 0 Å². The van der Waals surface area contributed by atoms with Crippen LogP contribution in [0, 0.1) is 0 Å². The maximum atomic E-state index is 11.4. The van der Waals surface area contributed by atoms with Gasteiger partial charge in [-0.2, -0.15) is 0 Å². The Morgan fingerprint density at radius 2 is 2.00 bits per heavy atom. The lowest BCUT2D eigenvalue weighted by Crippen LogP contribution is -2.17. The van der Waals surface area contributed by atoms with E-state index < -0.39 is 11.9 Å². The average Bonchev–Trinajstić information content (AvgIpc) is 2.78. The third-order valence-corrected chi connectivity index (χ3v) is 4.60. The standard InChI is InChI=1S/C21H24N2O3/c1-14(21(24)25)15-8-9-19-18(12-15)20(22-10-11-23(2)3)17-7-5-4-6-16(17)13-26-19/h4-9,12,14H,10-11,13H2,1-3H3,(H,24,25)/b22-20+. The summed E-state index contributed by atoms with van der Waals surface area (Å²) in [5.74, 6) is -0.682. The SMILES string of the molecule is CC(C(=O)O)c1ccc2c(c1)/C(=N/CCN(C)C)c1ccccc1CO2. The highest BCUT2D eigenvalue weighted by molar-refractivity contribution is 6.15. The Bertz CT molecular complexity index is 843. The van der Waals surface area contributed by atoms with Gasteiger partial charge in [0.2, 0.25) is 0 Å². The minimum Gasteiger partial charge on any atom is -0.488 e. The fourth-order valence-electron chi connectivity index (χ4n) is 2.98. The number of carboxylic acid groups (broad SMARTS) is 1. The van der Waals surface area contributed by atoms with Gasteiger partial charge in [0.1, 0.15) is 12.4 Å². The summed E-state index contributed by atoms with van der Waals surface area (Å²) in [5.41, 5.74) is 4.61. The molecule has 0 spiro atoms. The number of carbonyl (C=O) groups is 1. The molecule has 2 aromatic carbocycles. The lowest BCUT2D eigenvalue weighted by Gasteiger charge is -2.14. The molecule has 5 heteroatoms. The average molecular weight is 352 g/mol. The van der Waals surface area contributed by atoms with Crippen molar-refractivity contribution in [1.29, 1.82) is 0 Å². The number of ether oxygens (including phenoxy) is 1. The number of nitrogens with zero attached hydrogens (tertiary/aromatic N) is 2. The number of carboxylic acids is 1. The predicted molar refractivity (Wildman–Crippen MR) is 102 cm³/mol. The lowest BCUT2D eigenvalue weighted by atomic mass is 9.93. The van der Waals surface area contributed by atoms with Crippen molar-refractivity contribution in [2.75, 3.05) is 27.2 Å². The molecule has 1 aliphatic heterocycles. The van der Waals surface area contributed by atoms with E-state index in [-0.39, 0.29) is 0 Å². The molecule has 0 aliphatic carbocycles. The van der Waals surface area contributed by atoms with Gasteiger partial charge in [0.15, 0.2) is 0 Å². The first-order valence-electron chi connectivity index (χ1n) is 8.74. The number of hydrogen-bond acceptors (Lipinski definition) is 4. The molecule has 1 aliphatic rings. The molecule has 0 aromatic heterocycles. The van der Waals surface area contributed by atoms with Crippen molar-refractivity contribution in [3.8, 4) is 5.75 Å². The van der Waals surface area contributed by atoms with Crippen molar-refractivity contribution in [3.05, 3.63) is 64.7 Å². The Labute approximate surface area is 153 Å². The molecule has 1 heterocycles. The molecule has 0 saturated heterocycles. The largest absolute Gasteiger partial charge is 0.488 e. The summed E-state index contributed by atoms with van der Waals surface area (Å²) in [6.45, 7) is 3.67. The minimum atomic E-state index is -0.842. The number of aliphatic carboxylic acids is 1. The van der Waals surface area contributed by atoms with Crippen molar-refractivity contribution in [1.82, 2.24) is 4.90 Å². The zero-order valence-electron chi connectivity index (χ0n) is 15.4. The van der Waals surface area contributed by atoms with Gasteiger partial charge in [0, 0.05) is 17.7 Å². The van der Waals surface area contributed by atoms with E-state index in [1.54, 1.807) is 6.92 Å². The number of fused-ring (bicyclic) bond motifs is 2. The minimum absolute atomic E-state index is 0.476. The Kier molecular flexibility index (Phi) is 5.38. The summed E-state index contributed by atoms with van der Waals surface area (Å²) < 4.78 is 5.99. The number of aliphatic imine (C=N–C) groups is 1. The van der Waals surface area contributed by atoms with Crippen LogP contribution in [0.15, 0.2) is 47.5 Å². The van der Waals surface area contributed by atoms with Gasteiger partial charge >= 0.3 is 5.97 Å². The second-order valence-corrected chi connectivity index (χ2v) is 6.79. The third kappa shape index (κ3) is 3.78. The fourth-order valence-corrected chi connectivity index (χ4v) is 2.98. The van der Waals surface area contributed by atoms with Crippen molar-refractivity contribution >= 4 is 11.7 Å². The summed E-state index contributed by atoms with van der Waals surface area (Å²) in [5, 5.41) is 9.35. The molecule has 1 unspecified atom stereocenters. The molecular formula is C21H24N2O3.